The van der Waals surface area contributed by atoms with E-state index >= 15 is 0 Å². The summed E-state index contributed by atoms with van der Waals surface area (Å²) >= 11 is 7.50. The molecule has 1 unspecified atom stereocenters. The molecule has 2 aromatic carbocycles. The fourth-order valence-electron chi connectivity index (χ4n) is 2.40. The molecule has 0 radical (unpaired) electrons. The molecule has 122 valence electrons. The van der Waals surface area contributed by atoms with Crippen molar-refractivity contribution in [3.05, 3.63) is 58.9 Å². The highest BCUT2D eigenvalue weighted by Crippen LogP contribution is 2.34. The molecule has 0 N–H and O–H groups in total. The zero-order chi connectivity index (χ0) is 16.2. The van der Waals surface area contributed by atoms with E-state index in [2.05, 4.69) is 13.0 Å². The topological polar surface area (TPSA) is 18.5 Å². The second kappa shape index (κ2) is 7.56. The second-order valence-electron chi connectivity index (χ2n) is 5.73. The van der Waals surface area contributed by atoms with E-state index in [0.717, 1.165) is 29.2 Å². The van der Waals surface area contributed by atoms with Crippen molar-refractivity contribution in [2.24, 2.45) is 5.92 Å². The van der Waals surface area contributed by atoms with Crippen molar-refractivity contribution in [1.29, 1.82) is 0 Å². The number of halogens is 2. The molecular weight excluding hydrogens is 335 g/mol. The highest BCUT2D eigenvalue weighted by Gasteiger charge is 2.22. The molecule has 0 aromatic heterocycles. The third kappa shape index (κ3) is 4.63. The van der Waals surface area contributed by atoms with Crippen LogP contribution in [0.5, 0.6) is 5.75 Å². The Hall–Kier alpha value is -1.23. The van der Waals surface area contributed by atoms with Crippen molar-refractivity contribution in [3.63, 3.8) is 0 Å². The molecule has 1 aliphatic heterocycles. The van der Waals surface area contributed by atoms with Crippen LogP contribution in [0.4, 0.5) is 4.39 Å². The molecule has 2 atom stereocenters. The van der Waals surface area contributed by atoms with Crippen LogP contribution in [0.1, 0.15) is 18.9 Å². The highest BCUT2D eigenvalue weighted by atomic mass is 35.5. The predicted octanol–water partition coefficient (Wildman–Crippen LogP) is 5.53. The van der Waals surface area contributed by atoms with Gasteiger partial charge in [-0.15, -0.1) is 0 Å². The maximum Gasteiger partial charge on any atom is 0.141 e. The van der Waals surface area contributed by atoms with Gasteiger partial charge in [0, 0.05) is 4.90 Å². The van der Waals surface area contributed by atoms with Gasteiger partial charge in [0.15, 0.2) is 0 Å². The number of hydrogen-bond donors (Lipinski definition) is 0. The molecule has 1 heterocycles. The monoisotopic (exact) mass is 352 g/mol. The van der Waals surface area contributed by atoms with Crippen molar-refractivity contribution in [1.82, 2.24) is 0 Å². The summed E-state index contributed by atoms with van der Waals surface area (Å²) in [5.41, 5.74) is 1.05. The molecule has 0 saturated carbocycles. The van der Waals surface area contributed by atoms with Crippen LogP contribution in [0.25, 0.3) is 0 Å². The number of thioether (sulfide) groups is 1. The normalized spacial score (nSPS) is 20.7. The molecule has 0 spiro atoms. The molecule has 23 heavy (non-hydrogen) atoms. The molecule has 0 aliphatic carbocycles. The third-order valence-corrected chi connectivity index (χ3v) is 5.03. The summed E-state index contributed by atoms with van der Waals surface area (Å²) in [6.07, 6.45) is 1.07. The molecule has 5 heteroatoms. The van der Waals surface area contributed by atoms with Crippen LogP contribution in [0.3, 0.4) is 0 Å². The summed E-state index contributed by atoms with van der Waals surface area (Å²) < 4.78 is 24.7. The molecule has 1 aliphatic rings. The average Bonchev–Trinajstić information content (AvgIpc) is 2.94. The average molecular weight is 353 g/mol. The van der Waals surface area contributed by atoms with E-state index < -0.39 is 5.82 Å². The standard InChI is InChI=1S/C18H18ClFO2S/c1-12-7-18(22-10-12)23-15-4-2-3-14(9-15)21-11-13-5-6-17(20)16(19)8-13/h2-6,8-9,12,18H,7,10-11H2,1H3/t12-,18?/m1/s1. The van der Waals surface area contributed by atoms with Crippen molar-refractivity contribution in [2.75, 3.05) is 6.61 Å². The SMILES string of the molecule is C[C@H]1COC(Sc2cccc(OCc3ccc(F)c(Cl)c3)c2)C1. The van der Waals surface area contributed by atoms with E-state index in [1.807, 2.05) is 18.2 Å². The Morgan fingerprint density at radius 2 is 2.17 bits per heavy atom. The molecule has 2 aromatic rings. The fourth-order valence-corrected chi connectivity index (χ4v) is 3.82. The molecule has 0 amide bonds. The minimum Gasteiger partial charge on any atom is -0.489 e. The van der Waals surface area contributed by atoms with Crippen molar-refractivity contribution < 1.29 is 13.9 Å². The van der Waals surface area contributed by atoms with Gasteiger partial charge in [-0.3, -0.25) is 0 Å². The summed E-state index contributed by atoms with van der Waals surface area (Å²) in [5, 5.41) is 0.114. The van der Waals surface area contributed by atoms with Crippen LogP contribution in [0.15, 0.2) is 47.4 Å². The van der Waals surface area contributed by atoms with Crippen LogP contribution in [0, 0.1) is 11.7 Å². The smallest absolute Gasteiger partial charge is 0.141 e. The Labute approximate surface area is 144 Å². The van der Waals surface area contributed by atoms with Gasteiger partial charge in [-0.2, -0.15) is 0 Å². The quantitative estimate of drug-likeness (QED) is 0.704. The predicted molar refractivity (Wildman–Crippen MR) is 91.6 cm³/mol. The van der Waals surface area contributed by atoms with Gasteiger partial charge < -0.3 is 9.47 Å². The molecule has 1 saturated heterocycles. The lowest BCUT2D eigenvalue weighted by Crippen LogP contribution is -1.99. The largest absolute Gasteiger partial charge is 0.489 e. The third-order valence-electron chi connectivity index (χ3n) is 3.62. The summed E-state index contributed by atoms with van der Waals surface area (Å²) in [6.45, 7) is 3.39. The van der Waals surface area contributed by atoms with Gasteiger partial charge in [-0.05, 0) is 48.2 Å². The second-order valence-corrected chi connectivity index (χ2v) is 7.37. The van der Waals surface area contributed by atoms with Gasteiger partial charge in [0.2, 0.25) is 0 Å². The zero-order valence-corrected chi connectivity index (χ0v) is 14.4. The van der Waals surface area contributed by atoms with E-state index in [-0.39, 0.29) is 10.5 Å². The zero-order valence-electron chi connectivity index (χ0n) is 12.8. The van der Waals surface area contributed by atoms with Crippen molar-refractivity contribution >= 4 is 23.4 Å². The van der Waals surface area contributed by atoms with Crippen LogP contribution in [0.2, 0.25) is 5.02 Å². The lowest BCUT2D eigenvalue weighted by Gasteiger charge is -2.11. The first-order valence-corrected chi connectivity index (χ1v) is 8.81. The molecule has 3 rings (SSSR count). The van der Waals surface area contributed by atoms with E-state index in [1.54, 1.807) is 23.9 Å². The van der Waals surface area contributed by atoms with E-state index in [0.29, 0.717) is 12.5 Å². The Bertz CT molecular complexity index is 680. The van der Waals surface area contributed by atoms with Crippen LogP contribution in [-0.4, -0.2) is 12.0 Å². The minimum atomic E-state index is -0.417. The highest BCUT2D eigenvalue weighted by molar-refractivity contribution is 7.99. The Kier molecular flexibility index (Phi) is 5.46. The van der Waals surface area contributed by atoms with Gasteiger partial charge in [0.1, 0.15) is 23.6 Å². The summed E-state index contributed by atoms with van der Waals surface area (Å²) in [6, 6.07) is 12.5. The number of hydrogen-bond acceptors (Lipinski definition) is 3. The Morgan fingerprint density at radius 1 is 1.30 bits per heavy atom. The Balaban J connectivity index is 1.59. The van der Waals surface area contributed by atoms with Gasteiger partial charge in [-0.25, -0.2) is 4.39 Å². The molecule has 2 nitrogen and oxygen atoms in total. The first-order valence-electron chi connectivity index (χ1n) is 7.55. The van der Waals surface area contributed by atoms with E-state index in [4.69, 9.17) is 21.1 Å². The summed E-state index contributed by atoms with van der Waals surface area (Å²) in [5.74, 6) is 0.983. The van der Waals surface area contributed by atoms with Crippen molar-refractivity contribution in [2.45, 2.75) is 30.3 Å². The first kappa shape index (κ1) is 16.6. The lowest BCUT2D eigenvalue weighted by atomic mass is 10.2. The van der Waals surface area contributed by atoms with E-state index in [1.165, 1.54) is 6.07 Å². The van der Waals surface area contributed by atoms with Gasteiger partial charge in [0.05, 0.1) is 11.6 Å². The lowest BCUT2D eigenvalue weighted by molar-refractivity contribution is 0.166. The number of ether oxygens (including phenoxy) is 2. The minimum absolute atomic E-state index is 0.114. The summed E-state index contributed by atoms with van der Waals surface area (Å²) in [4.78, 5) is 1.12. The van der Waals surface area contributed by atoms with Crippen molar-refractivity contribution in [3.8, 4) is 5.75 Å². The molecular formula is C18H18ClFO2S. The van der Waals surface area contributed by atoms with Gasteiger partial charge in [0.25, 0.3) is 0 Å². The molecule has 0 bridgehead atoms. The van der Waals surface area contributed by atoms with E-state index in [9.17, 15) is 4.39 Å². The van der Waals surface area contributed by atoms with Crippen LogP contribution in [-0.2, 0) is 11.3 Å². The maximum atomic E-state index is 13.1. The van der Waals surface area contributed by atoms with Crippen LogP contribution < -0.4 is 4.74 Å². The molecule has 1 fully saturated rings. The summed E-state index contributed by atoms with van der Waals surface area (Å²) in [7, 11) is 0. The van der Waals surface area contributed by atoms with Gasteiger partial charge >= 0.3 is 0 Å². The first-order chi connectivity index (χ1) is 11.1. The van der Waals surface area contributed by atoms with Gasteiger partial charge in [-0.1, -0.05) is 42.4 Å². The van der Waals surface area contributed by atoms with Crippen LogP contribution >= 0.6 is 23.4 Å². The number of benzene rings is 2. The number of rotatable bonds is 5. The Morgan fingerprint density at radius 3 is 2.91 bits per heavy atom. The maximum absolute atomic E-state index is 13.1. The fraction of sp³-hybridized carbons (Fsp3) is 0.333.